The third-order valence-electron chi connectivity index (χ3n) is 2.56. The van der Waals surface area contributed by atoms with Gasteiger partial charge in [0, 0.05) is 18.6 Å². The summed E-state index contributed by atoms with van der Waals surface area (Å²) in [6.45, 7) is 1.59. The van der Waals surface area contributed by atoms with Crippen molar-refractivity contribution in [3.8, 4) is 0 Å². The van der Waals surface area contributed by atoms with Crippen LogP contribution in [0.2, 0.25) is 0 Å². The molecule has 0 saturated heterocycles. The third kappa shape index (κ3) is 2.15. The summed E-state index contributed by atoms with van der Waals surface area (Å²) in [4.78, 5) is 0. The summed E-state index contributed by atoms with van der Waals surface area (Å²) in [6, 6.07) is 0. The highest BCUT2D eigenvalue weighted by Gasteiger charge is 2.31. The number of nitrogens with one attached hydrogen (secondary N) is 1. The number of nitrogens with two attached hydrogens (primary N) is 1. The third-order valence-corrected chi connectivity index (χ3v) is 2.56. The van der Waals surface area contributed by atoms with Gasteiger partial charge < -0.3 is 16.2 Å². The first-order valence-electron chi connectivity index (χ1n) is 4.39. The molecule has 0 aliphatic heterocycles. The van der Waals surface area contributed by atoms with Crippen LogP contribution in [-0.2, 0) is 0 Å². The van der Waals surface area contributed by atoms with E-state index in [4.69, 9.17) is 10.8 Å². The second kappa shape index (κ2) is 4.04. The number of hydrogen-bond acceptors (Lipinski definition) is 3. The fraction of sp³-hybridized carbons (Fsp3) is 1.00. The van der Waals surface area contributed by atoms with E-state index in [9.17, 15) is 0 Å². The van der Waals surface area contributed by atoms with Crippen LogP contribution in [0, 0.1) is 0 Å². The average Bonchev–Trinajstić information content (AvgIpc) is 2.50. The van der Waals surface area contributed by atoms with Gasteiger partial charge in [-0.1, -0.05) is 12.8 Å². The Morgan fingerprint density at radius 1 is 1.36 bits per heavy atom. The van der Waals surface area contributed by atoms with Crippen molar-refractivity contribution < 1.29 is 5.11 Å². The second-order valence-electron chi connectivity index (χ2n) is 3.34. The van der Waals surface area contributed by atoms with E-state index in [2.05, 4.69) is 5.32 Å². The first kappa shape index (κ1) is 8.97. The SMILES string of the molecule is NCC1(NCCO)CCCC1. The van der Waals surface area contributed by atoms with Gasteiger partial charge in [0.15, 0.2) is 0 Å². The first-order chi connectivity index (χ1) is 5.33. The predicted molar refractivity (Wildman–Crippen MR) is 45.3 cm³/mol. The maximum Gasteiger partial charge on any atom is 0.0556 e. The van der Waals surface area contributed by atoms with Crippen LogP contribution < -0.4 is 11.1 Å². The minimum absolute atomic E-state index is 0.155. The fourth-order valence-corrected chi connectivity index (χ4v) is 1.83. The minimum Gasteiger partial charge on any atom is -0.395 e. The van der Waals surface area contributed by atoms with E-state index in [1.54, 1.807) is 0 Å². The molecule has 0 aromatic heterocycles. The molecule has 1 aliphatic carbocycles. The lowest BCUT2D eigenvalue weighted by Gasteiger charge is -2.28. The summed E-state index contributed by atoms with van der Waals surface area (Å²) in [5, 5.41) is 12.0. The summed E-state index contributed by atoms with van der Waals surface area (Å²) in [6.07, 6.45) is 4.89. The second-order valence-corrected chi connectivity index (χ2v) is 3.34. The Labute approximate surface area is 68.0 Å². The Hall–Kier alpha value is -0.120. The summed E-state index contributed by atoms with van der Waals surface area (Å²) < 4.78 is 0. The zero-order valence-corrected chi connectivity index (χ0v) is 6.97. The van der Waals surface area contributed by atoms with Crippen LogP contribution in [0.4, 0.5) is 0 Å². The summed E-state index contributed by atoms with van der Waals surface area (Å²) in [7, 11) is 0. The standard InChI is InChI=1S/C8H18N2O/c9-7-8(10-5-6-11)3-1-2-4-8/h10-11H,1-7,9H2. The van der Waals surface area contributed by atoms with Crippen LogP contribution in [0.15, 0.2) is 0 Å². The van der Waals surface area contributed by atoms with Crippen LogP contribution >= 0.6 is 0 Å². The number of β-amino-alcohol motifs (C(OH)–C–C–N with tert-alkyl or cyclic N) is 1. The van der Waals surface area contributed by atoms with Crippen LogP contribution in [0.3, 0.4) is 0 Å². The van der Waals surface area contributed by atoms with Gasteiger partial charge in [0.25, 0.3) is 0 Å². The zero-order chi connectivity index (χ0) is 8.16. The van der Waals surface area contributed by atoms with Gasteiger partial charge in [-0.15, -0.1) is 0 Å². The van der Waals surface area contributed by atoms with Crippen LogP contribution in [-0.4, -0.2) is 30.3 Å². The molecule has 1 aliphatic rings. The molecule has 1 saturated carbocycles. The molecule has 0 unspecified atom stereocenters. The molecule has 0 spiro atoms. The lowest BCUT2D eigenvalue weighted by Crippen LogP contribution is -2.49. The van der Waals surface area contributed by atoms with Gasteiger partial charge in [-0.05, 0) is 12.8 Å². The molecule has 0 atom stereocenters. The maximum atomic E-state index is 8.63. The smallest absolute Gasteiger partial charge is 0.0556 e. The van der Waals surface area contributed by atoms with E-state index in [1.807, 2.05) is 0 Å². The molecule has 0 amide bonds. The van der Waals surface area contributed by atoms with Gasteiger partial charge in [0.2, 0.25) is 0 Å². The summed E-state index contributed by atoms with van der Waals surface area (Å²) in [5.74, 6) is 0. The molecule has 0 bridgehead atoms. The summed E-state index contributed by atoms with van der Waals surface area (Å²) >= 11 is 0. The Balaban J connectivity index is 2.33. The van der Waals surface area contributed by atoms with Gasteiger partial charge in [-0.3, -0.25) is 0 Å². The molecule has 1 fully saturated rings. The van der Waals surface area contributed by atoms with Crippen molar-refractivity contribution in [3.05, 3.63) is 0 Å². The van der Waals surface area contributed by atoms with Gasteiger partial charge in [-0.25, -0.2) is 0 Å². The Morgan fingerprint density at radius 3 is 2.45 bits per heavy atom. The van der Waals surface area contributed by atoms with Crippen molar-refractivity contribution in [1.29, 1.82) is 0 Å². The molecule has 66 valence electrons. The highest BCUT2D eigenvalue weighted by atomic mass is 16.3. The van der Waals surface area contributed by atoms with Crippen molar-refractivity contribution in [3.63, 3.8) is 0 Å². The van der Waals surface area contributed by atoms with Gasteiger partial charge in [-0.2, -0.15) is 0 Å². The van der Waals surface area contributed by atoms with E-state index >= 15 is 0 Å². The van der Waals surface area contributed by atoms with E-state index in [0.717, 1.165) is 0 Å². The minimum atomic E-state index is 0.155. The Bertz CT molecular complexity index is 111. The molecule has 4 N–H and O–H groups in total. The van der Waals surface area contributed by atoms with Crippen molar-refractivity contribution >= 4 is 0 Å². The van der Waals surface area contributed by atoms with E-state index < -0.39 is 0 Å². The number of aliphatic hydroxyl groups excluding tert-OH is 1. The normalized spacial score (nSPS) is 22.4. The average molecular weight is 158 g/mol. The molecule has 3 heteroatoms. The number of rotatable bonds is 4. The molecule has 0 aromatic rings. The molecular weight excluding hydrogens is 140 g/mol. The quantitative estimate of drug-likeness (QED) is 0.533. The topological polar surface area (TPSA) is 58.3 Å². The van der Waals surface area contributed by atoms with Crippen molar-refractivity contribution in [2.45, 2.75) is 31.2 Å². The van der Waals surface area contributed by atoms with Gasteiger partial charge in [0.05, 0.1) is 6.61 Å². The van der Waals surface area contributed by atoms with E-state index in [0.29, 0.717) is 13.1 Å². The largest absolute Gasteiger partial charge is 0.395 e. The molecule has 0 aromatic carbocycles. The molecule has 0 radical (unpaired) electrons. The van der Waals surface area contributed by atoms with Crippen molar-refractivity contribution in [1.82, 2.24) is 5.32 Å². The monoisotopic (exact) mass is 158 g/mol. The van der Waals surface area contributed by atoms with Gasteiger partial charge in [0.1, 0.15) is 0 Å². The van der Waals surface area contributed by atoms with Crippen molar-refractivity contribution in [2.24, 2.45) is 5.73 Å². The van der Waals surface area contributed by atoms with Crippen molar-refractivity contribution in [2.75, 3.05) is 19.7 Å². The Morgan fingerprint density at radius 2 is 2.00 bits per heavy atom. The predicted octanol–water partition coefficient (Wildman–Crippen LogP) is -0.160. The Kier molecular flexibility index (Phi) is 3.30. The highest BCUT2D eigenvalue weighted by molar-refractivity contribution is 4.93. The van der Waals surface area contributed by atoms with Crippen LogP contribution in [0.25, 0.3) is 0 Å². The molecule has 3 nitrogen and oxygen atoms in total. The summed E-state index contributed by atoms with van der Waals surface area (Å²) in [5.41, 5.74) is 5.82. The molecule has 1 rings (SSSR count). The lowest BCUT2D eigenvalue weighted by atomic mass is 9.98. The molecule has 11 heavy (non-hydrogen) atoms. The zero-order valence-electron chi connectivity index (χ0n) is 6.97. The molecule has 0 heterocycles. The number of aliphatic hydroxyl groups is 1. The lowest BCUT2D eigenvalue weighted by molar-refractivity contribution is 0.254. The first-order valence-corrected chi connectivity index (χ1v) is 4.39. The van der Waals surface area contributed by atoms with Crippen LogP contribution in [0.5, 0.6) is 0 Å². The fourth-order valence-electron chi connectivity index (χ4n) is 1.83. The maximum absolute atomic E-state index is 8.63. The van der Waals surface area contributed by atoms with E-state index in [-0.39, 0.29) is 12.1 Å². The molecular formula is C8H18N2O. The number of hydrogen-bond donors (Lipinski definition) is 3. The highest BCUT2D eigenvalue weighted by Crippen LogP contribution is 2.28. The van der Waals surface area contributed by atoms with Crippen LogP contribution in [0.1, 0.15) is 25.7 Å². The van der Waals surface area contributed by atoms with E-state index in [1.165, 1.54) is 25.7 Å². The van der Waals surface area contributed by atoms with Gasteiger partial charge >= 0.3 is 0 Å².